The molecule has 0 amide bonds. The number of nitro groups is 1. The molecule has 0 saturated carbocycles. The van der Waals surface area contributed by atoms with E-state index in [1.54, 1.807) is 18.9 Å². The summed E-state index contributed by atoms with van der Waals surface area (Å²) in [5, 5.41) is 23.4. The molecule has 1 aliphatic rings. The lowest BCUT2D eigenvalue weighted by atomic mass is 10.2. The Kier molecular flexibility index (Phi) is 3.79. The lowest BCUT2D eigenvalue weighted by Crippen LogP contribution is -2.33. The second-order valence-corrected chi connectivity index (χ2v) is 4.48. The first-order valence-corrected chi connectivity index (χ1v) is 6.16. The lowest BCUT2D eigenvalue weighted by molar-refractivity contribution is -0.385. The van der Waals surface area contributed by atoms with Crippen molar-refractivity contribution in [3.05, 3.63) is 15.8 Å². The molecule has 0 aromatic carbocycles. The summed E-state index contributed by atoms with van der Waals surface area (Å²) in [6.07, 6.45) is 1.70. The van der Waals surface area contributed by atoms with Crippen LogP contribution in [0.15, 0.2) is 0 Å². The Bertz CT molecular complexity index is 493. The van der Waals surface area contributed by atoms with E-state index in [-0.39, 0.29) is 18.3 Å². The maximum absolute atomic E-state index is 11.2. The number of aliphatic hydroxyl groups excluding tert-OH is 1. The van der Waals surface area contributed by atoms with Crippen LogP contribution in [0, 0.1) is 17.0 Å². The Labute approximate surface area is 110 Å². The summed E-state index contributed by atoms with van der Waals surface area (Å²) < 4.78 is 0. The zero-order valence-electron chi connectivity index (χ0n) is 11.0. The highest BCUT2D eigenvalue weighted by molar-refractivity contribution is 5.63. The number of hydrogen-bond donors (Lipinski definition) is 2. The monoisotopic (exact) mass is 267 g/mol. The molecule has 0 spiro atoms. The van der Waals surface area contributed by atoms with Crippen LogP contribution in [0.4, 0.5) is 17.5 Å². The SMILES string of the molecule is CNc1nc(C)c([N+](=O)[O-])c(N2CCCC2CO)n1. The van der Waals surface area contributed by atoms with Gasteiger partial charge in [0.15, 0.2) is 0 Å². The molecule has 2 heterocycles. The minimum Gasteiger partial charge on any atom is -0.394 e. The van der Waals surface area contributed by atoms with E-state index < -0.39 is 4.92 Å². The van der Waals surface area contributed by atoms with Gasteiger partial charge in [0.1, 0.15) is 5.69 Å². The number of aromatic nitrogens is 2. The van der Waals surface area contributed by atoms with Gasteiger partial charge in [-0.1, -0.05) is 0 Å². The molecule has 1 aromatic heterocycles. The highest BCUT2D eigenvalue weighted by Gasteiger charge is 2.33. The summed E-state index contributed by atoms with van der Waals surface area (Å²) in [4.78, 5) is 20.8. The van der Waals surface area contributed by atoms with E-state index >= 15 is 0 Å². The van der Waals surface area contributed by atoms with Gasteiger partial charge >= 0.3 is 5.69 Å². The molecule has 104 valence electrons. The molecule has 2 N–H and O–H groups in total. The Hall–Kier alpha value is -1.96. The van der Waals surface area contributed by atoms with Gasteiger partial charge in [-0.15, -0.1) is 0 Å². The molecular weight excluding hydrogens is 250 g/mol. The van der Waals surface area contributed by atoms with Crippen LogP contribution in [0.2, 0.25) is 0 Å². The number of aryl methyl sites for hydroxylation is 1. The van der Waals surface area contributed by atoms with Gasteiger partial charge in [0.25, 0.3) is 0 Å². The maximum atomic E-state index is 11.2. The molecule has 1 atom stereocenters. The Morgan fingerprint density at radius 3 is 2.89 bits per heavy atom. The molecule has 0 bridgehead atoms. The van der Waals surface area contributed by atoms with E-state index in [0.717, 1.165) is 12.8 Å². The first kappa shape index (κ1) is 13.5. The van der Waals surface area contributed by atoms with Crippen molar-refractivity contribution in [2.24, 2.45) is 0 Å². The van der Waals surface area contributed by atoms with Crippen molar-refractivity contribution in [1.82, 2.24) is 9.97 Å². The Balaban J connectivity index is 2.52. The van der Waals surface area contributed by atoms with E-state index in [2.05, 4.69) is 15.3 Å². The van der Waals surface area contributed by atoms with Crippen molar-refractivity contribution in [2.75, 3.05) is 30.4 Å². The number of rotatable bonds is 4. The number of anilines is 2. The van der Waals surface area contributed by atoms with Crippen molar-refractivity contribution >= 4 is 17.5 Å². The van der Waals surface area contributed by atoms with Crippen LogP contribution in [-0.2, 0) is 0 Å². The minimum absolute atomic E-state index is 0.0326. The molecule has 8 heteroatoms. The molecule has 1 aliphatic heterocycles. The van der Waals surface area contributed by atoms with Gasteiger partial charge in [-0.05, 0) is 19.8 Å². The zero-order chi connectivity index (χ0) is 14.0. The summed E-state index contributed by atoms with van der Waals surface area (Å²) in [5.74, 6) is 0.639. The van der Waals surface area contributed by atoms with E-state index in [1.807, 2.05) is 0 Å². The highest BCUT2D eigenvalue weighted by Crippen LogP contribution is 2.34. The fraction of sp³-hybridized carbons (Fsp3) is 0.636. The van der Waals surface area contributed by atoms with Crippen LogP contribution in [-0.4, -0.2) is 46.2 Å². The second-order valence-electron chi connectivity index (χ2n) is 4.48. The van der Waals surface area contributed by atoms with E-state index in [9.17, 15) is 15.2 Å². The summed E-state index contributed by atoms with van der Waals surface area (Å²) in [7, 11) is 1.66. The summed E-state index contributed by atoms with van der Waals surface area (Å²) in [6.45, 7) is 2.22. The van der Waals surface area contributed by atoms with Crippen molar-refractivity contribution < 1.29 is 10.0 Å². The minimum atomic E-state index is -0.461. The third-order valence-electron chi connectivity index (χ3n) is 3.31. The van der Waals surface area contributed by atoms with Crippen LogP contribution in [0.1, 0.15) is 18.5 Å². The van der Waals surface area contributed by atoms with E-state index in [1.165, 1.54) is 0 Å². The van der Waals surface area contributed by atoms with Crippen LogP contribution >= 0.6 is 0 Å². The molecular formula is C11H17N5O3. The average molecular weight is 267 g/mol. The highest BCUT2D eigenvalue weighted by atomic mass is 16.6. The predicted molar refractivity (Wildman–Crippen MR) is 70.4 cm³/mol. The summed E-state index contributed by atoms with van der Waals surface area (Å²) in [6, 6.07) is -0.113. The summed E-state index contributed by atoms with van der Waals surface area (Å²) >= 11 is 0. The Morgan fingerprint density at radius 1 is 1.58 bits per heavy atom. The van der Waals surface area contributed by atoms with Gasteiger partial charge in [-0.25, -0.2) is 4.98 Å². The van der Waals surface area contributed by atoms with Crippen LogP contribution in [0.5, 0.6) is 0 Å². The van der Waals surface area contributed by atoms with E-state index in [4.69, 9.17) is 0 Å². The lowest BCUT2D eigenvalue weighted by Gasteiger charge is -2.24. The molecule has 1 saturated heterocycles. The van der Waals surface area contributed by atoms with Crippen molar-refractivity contribution in [3.8, 4) is 0 Å². The quantitative estimate of drug-likeness (QED) is 0.611. The van der Waals surface area contributed by atoms with Gasteiger partial charge in [0, 0.05) is 13.6 Å². The Morgan fingerprint density at radius 2 is 2.32 bits per heavy atom. The fourth-order valence-electron chi connectivity index (χ4n) is 2.38. The third kappa shape index (κ3) is 2.43. The third-order valence-corrected chi connectivity index (χ3v) is 3.31. The molecule has 8 nitrogen and oxygen atoms in total. The molecule has 1 aromatic rings. The first-order valence-electron chi connectivity index (χ1n) is 6.16. The average Bonchev–Trinajstić information content (AvgIpc) is 2.85. The first-order chi connectivity index (χ1) is 9.08. The smallest absolute Gasteiger partial charge is 0.332 e. The normalized spacial score (nSPS) is 18.7. The molecule has 2 rings (SSSR count). The van der Waals surface area contributed by atoms with Crippen LogP contribution in [0.25, 0.3) is 0 Å². The van der Waals surface area contributed by atoms with Gasteiger partial charge in [0.05, 0.1) is 17.6 Å². The molecule has 1 unspecified atom stereocenters. The van der Waals surface area contributed by atoms with Crippen molar-refractivity contribution in [2.45, 2.75) is 25.8 Å². The predicted octanol–water partition coefficient (Wildman–Crippen LogP) is 0.696. The van der Waals surface area contributed by atoms with Crippen LogP contribution < -0.4 is 10.2 Å². The molecule has 0 aliphatic carbocycles. The topological polar surface area (TPSA) is 104 Å². The fourth-order valence-corrected chi connectivity index (χ4v) is 2.38. The standard InChI is InChI=1S/C11H17N5O3/c1-7-9(16(18)19)10(14-11(12-2)13-7)15-5-3-4-8(15)6-17/h8,17H,3-6H2,1-2H3,(H,12,13,14). The zero-order valence-corrected chi connectivity index (χ0v) is 11.0. The molecule has 0 radical (unpaired) electrons. The summed E-state index contributed by atoms with van der Waals surface area (Å²) in [5.41, 5.74) is 0.238. The van der Waals surface area contributed by atoms with Gasteiger partial charge < -0.3 is 15.3 Å². The second kappa shape index (κ2) is 5.35. The van der Waals surface area contributed by atoms with Crippen molar-refractivity contribution in [1.29, 1.82) is 0 Å². The number of aliphatic hydroxyl groups is 1. The molecule has 19 heavy (non-hydrogen) atoms. The van der Waals surface area contributed by atoms with Gasteiger partial charge in [-0.2, -0.15) is 4.98 Å². The number of nitrogens with zero attached hydrogens (tertiary/aromatic N) is 4. The number of nitrogens with one attached hydrogen (secondary N) is 1. The number of hydrogen-bond acceptors (Lipinski definition) is 7. The van der Waals surface area contributed by atoms with Gasteiger partial charge in [-0.3, -0.25) is 10.1 Å². The largest absolute Gasteiger partial charge is 0.394 e. The van der Waals surface area contributed by atoms with Gasteiger partial charge in [0.2, 0.25) is 11.8 Å². The van der Waals surface area contributed by atoms with Crippen LogP contribution in [0.3, 0.4) is 0 Å². The molecule has 1 fully saturated rings. The van der Waals surface area contributed by atoms with Crippen molar-refractivity contribution in [3.63, 3.8) is 0 Å². The van der Waals surface area contributed by atoms with E-state index in [0.29, 0.717) is 24.0 Å². The maximum Gasteiger partial charge on any atom is 0.332 e.